The van der Waals surface area contributed by atoms with Gasteiger partial charge < -0.3 is 10.5 Å². The van der Waals surface area contributed by atoms with Crippen molar-refractivity contribution in [3.63, 3.8) is 0 Å². The molecule has 20 heavy (non-hydrogen) atoms. The average molecular weight is 265 g/mol. The van der Waals surface area contributed by atoms with Crippen LogP contribution in [0.2, 0.25) is 0 Å². The summed E-state index contributed by atoms with van der Waals surface area (Å²) in [5.74, 6) is 0.769. The molecule has 0 bridgehead atoms. The van der Waals surface area contributed by atoms with E-state index >= 15 is 0 Å². The van der Waals surface area contributed by atoms with Gasteiger partial charge in [0.2, 0.25) is 0 Å². The first-order valence-corrected chi connectivity index (χ1v) is 6.42. The minimum atomic E-state index is 0.426. The Bertz CT molecular complexity index is 756. The molecule has 0 radical (unpaired) electrons. The highest BCUT2D eigenvalue weighted by atomic mass is 16.5. The molecule has 0 aliphatic rings. The molecule has 0 unspecified atom stereocenters. The van der Waals surface area contributed by atoms with Crippen molar-refractivity contribution < 1.29 is 4.74 Å². The molecule has 4 nitrogen and oxygen atoms in total. The second kappa shape index (κ2) is 5.17. The van der Waals surface area contributed by atoms with Crippen LogP contribution in [0.25, 0.3) is 10.9 Å². The van der Waals surface area contributed by atoms with Gasteiger partial charge in [-0.2, -0.15) is 0 Å². The molecule has 1 aromatic carbocycles. The van der Waals surface area contributed by atoms with Crippen molar-refractivity contribution >= 4 is 16.6 Å². The number of aryl methyl sites for hydroxylation is 1. The minimum Gasteiger partial charge on any atom is -0.487 e. The van der Waals surface area contributed by atoms with E-state index in [1.807, 2.05) is 49.4 Å². The summed E-state index contributed by atoms with van der Waals surface area (Å²) < 4.78 is 5.86. The first-order chi connectivity index (χ1) is 9.74. The van der Waals surface area contributed by atoms with Gasteiger partial charge in [-0.1, -0.05) is 6.07 Å². The number of ether oxygens (including phenoxy) is 1. The van der Waals surface area contributed by atoms with Gasteiger partial charge in [0.15, 0.2) is 0 Å². The van der Waals surface area contributed by atoms with Gasteiger partial charge in [0.1, 0.15) is 12.4 Å². The van der Waals surface area contributed by atoms with E-state index in [0.29, 0.717) is 12.3 Å². The second-order valence-corrected chi connectivity index (χ2v) is 4.61. The molecule has 0 atom stereocenters. The van der Waals surface area contributed by atoms with Crippen LogP contribution >= 0.6 is 0 Å². The van der Waals surface area contributed by atoms with Crippen LogP contribution in [0.1, 0.15) is 11.4 Å². The Morgan fingerprint density at radius 3 is 2.85 bits per heavy atom. The summed E-state index contributed by atoms with van der Waals surface area (Å²) in [5.41, 5.74) is 9.23. The third kappa shape index (κ3) is 2.40. The van der Waals surface area contributed by atoms with Crippen LogP contribution in [-0.2, 0) is 6.61 Å². The first kappa shape index (κ1) is 12.4. The van der Waals surface area contributed by atoms with Gasteiger partial charge in [-0.05, 0) is 43.3 Å². The highest BCUT2D eigenvalue weighted by molar-refractivity contribution is 5.93. The van der Waals surface area contributed by atoms with Crippen LogP contribution in [0, 0.1) is 6.92 Å². The molecule has 3 rings (SSSR count). The summed E-state index contributed by atoms with van der Waals surface area (Å²) >= 11 is 0. The fraction of sp³-hybridized carbons (Fsp3) is 0.125. The number of pyridine rings is 2. The monoisotopic (exact) mass is 265 g/mol. The normalized spacial score (nSPS) is 10.7. The number of nitrogens with two attached hydrogens (primary N) is 1. The smallest absolute Gasteiger partial charge is 0.130 e. The van der Waals surface area contributed by atoms with Gasteiger partial charge in [-0.3, -0.25) is 9.97 Å². The summed E-state index contributed by atoms with van der Waals surface area (Å²) in [5, 5.41) is 0.917. The summed E-state index contributed by atoms with van der Waals surface area (Å²) in [6, 6.07) is 13.4. The maximum Gasteiger partial charge on any atom is 0.130 e. The maximum atomic E-state index is 5.92. The van der Waals surface area contributed by atoms with Crippen molar-refractivity contribution in [3.05, 3.63) is 60.0 Å². The Morgan fingerprint density at radius 1 is 1.10 bits per heavy atom. The molecule has 0 aliphatic heterocycles. The lowest BCUT2D eigenvalue weighted by Gasteiger charge is -2.10. The van der Waals surface area contributed by atoms with Gasteiger partial charge in [0, 0.05) is 17.3 Å². The molecule has 3 aromatic rings. The number of fused-ring (bicyclic) bond motifs is 1. The summed E-state index contributed by atoms with van der Waals surface area (Å²) in [6.45, 7) is 2.39. The van der Waals surface area contributed by atoms with E-state index in [-0.39, 0.29) is 0 Å². The standard InChI is InChI=1S/C16H15N3O/c1-11-4-2-5-12(19-11)10-20-15-8-7-14(17)16-13(15)6-3-9-18-16/h2-9H,10,17H2,1H3. The van der Waals surface area contributed by atoms with Crippen LogP contribution < -0.4 is 10.5 Å². The molecule has 0 fully saturated rings. The van der Waals surface area contributed by atoms with Crippen molar-refractivity contribution in [2.24, 2.45) is 0 Å². The molecule has 0 spiro atoms. The van der Waals surface area contributed by atoms with Crippen molar-refractivity contribution in [1.82, 2.24) is 9.97 Å². The Morgan fingerprint density at radius 2 is 2.00 bits per heavy atom. The van der Waals surface area contributed by atoms with Crippen LogP contribution in [0.3, 0.4) is 0 Å². The molecule has 2 heterocycles. The van der Waals surface area contributed by atoms with Crippen LogP contribution in [0.5, 0.6) is 5.75 Å². The van der Waals surface area contributed by atoms with Gasteiger partial charge in [-0.25, -0.2) is 0 Å². The number of nitrogens with zero attached hydrogens (tertiary/aromatic N) is 2. The van der Waals surface area contributed by atoms with Gasteiger partial charge >= 0.3 is 0 Å². The highest BCUT2D eigenvalue weighted by Crippen LogP contribution is 2.28. The number of rotatable bonds is 3. The SMILES string of the molecule is Cc1cccc(COc2ccc(N)c3ncccc23)n1. The zero-order valence-electron chi connectivity index (χ0n) is 11.2. The van der Waals surface area contributed by atoms with Crippen molar-refractivity contribution in [3.8, 4) is 5.75 Å². The third-order valence-corrected chi connectivity index (χ3v) is 3.08. The first-order valence-electron chi connectivity index (χ1n) is 6.42. The van der Waals surface area contributed by atoms with Gasteiger partial charge in [0.05, 0.1) is 16.9 Å². The molecule has 4 heteroatoms. The molecule has 0 saturated carbocycles. The summed E-state index contributed by atoms with van der Waals surface area (Å²) in [6.07, 6.45) is 1.73. The van der Waals surface area contributed by atoms with Crippen LogP contribution in [0.4, 0.5) is 5.69 Å². The van der Waals surface area contributed by atoms with Crippen molar-refractivity contribution in [2.75, 3.05) is 5.73 Å². The Hall–Kier alpha value is -2.62. The Balaban J connectivity index is 1.90. The van der Waals surface area contributed by atoms with Gasteiger partial charge in [-0.15, -0.1) is 0 Å². The third-order valence-electron chi connectivity index (χ3n) is 3.08. The van der Waals surface area contributed by atoms with Crippen LogP contribution in [0.15, 0.2) is 48.7 Å². The fourth-order valence-corrected chi connectivity index (χ4v) is 2.13. The van der Waals surface area contributed by atoms with E-state index in [0.717, 1.165) is 28.0 Å². The minimum absolute atomic E-state index is 0.426. The Labute approximate surface area is 117 Å². The molecule has 100 valence electrons. The predicted molar refractivity (Wildman–Crippen MR) is 79.5 cm³/mol. The highest BCUT2D eigenvalue weighted by Gasteiger charge is 2.06. The second-order valence-electron chi connectivity index (χ2n) is 4.61. The molecule has 2 N–H and O–H groups in total. The van der Waals surface area contributed by atoms with E-state index in [4.69, 9.17) is 10.5 Å². The number of hydrogen-bond donors (Lipinski definition) is 1. The largest absolute Gasteiger partial charge is 0.487 e. The quantitative estimate of drug-likeness (QED) is 0.739. The van der Waals surface area contributed by atoms with E-state index in [9.17, 15) is 0 Å². The number of benzene rings is 1. The summed E-state index contributed by atoms with van der Waals surface area (Å²) in [7, 11) is 0. The zero-order valence-corrected chi connectivity index (χ0v) is 11.2. The number of nitrogen functional groups attached to an aromatic ring is 1. The number of anilines is 1. The molecule has 2 aromatic heterocycles. The van der Waals surface area contributed by atoms with Crippen LogP contribution in [-0.4, -0.2) is 9.97 Å². The van der Waals surface area contributed by atoms with E-state index in [1.165, 1.54) is 0 Å². The molecule has 0 saturated heterocycles. The van der Waals surface area contributed by atoms with Crippen molar-refractivity contribution in [2.45, 2.75) is 13.5 Å². The molecular weight excluding hydrogens is 250 g/mol. The topological polar surface area (TPSA) is 61.0 Å². The van der Waals surface area contributed by atoms with E-state index in [2.05, 4.69) is 9.97 Å². The molecular formula is C16H15N3O. The lowest BCUT2D eigenvalue weighted by Crippen LogP contribution is -2.00. The maximum absolute atomic E-state index is 5.92. The van der Waals surface area contributed by atoms with Crippen molar-refractivity contribution in [1.29, 1.82) is 0 Å². The van der Waals surface area contributed by atoms with E-state index in [1.54, 1.807) is 6.20 Å². The van der Waals surface area contributed by atoms with Gasteiger partial charge in [0.25, 0.3) is 0 Å². The average Bonchev–Trinajstić information content (AvgIpc) is 2.47. The summed E-state index contributed by atoms with van der Waals surface area (Å²) in [4.78, 5) is 8.71. The molecule has 0 amide bonds. The Kier molecular flexibility index (Phi) is 3.21. The lowest BCUT2D eigenvalue weighted by molar-refractivity contribution is 0.305. The fourth-order valence-electron chi connectivity index (χ4n) is 2.13. The van der Waals surface area contributed by atoms with E-state index < -0.39 is 0 Å². The molecule has 0 aliphatic carbocycles. The lowest BCUT2D eigenvalue weighted by atomic mass is 10.2. The zero-order chi connectivity index (χ0) is 13.9. The number of aromatic nitrogens is 2. The number of hydrogen-bond acceptors (Lipinski definition) is 4. The predicted octanol–water partition coefficient (Wildman–Crippen LogP) is 3.10.